The summed E-state index contributed by atoms with van der Waals surface area (Å²) < 4.78 is 17.9. The Bertz CT molecular complexity index is 581. The lowest BCUT2D eigenvalue weighted by atomic mass is 10.1. The predicted molar refractivity (Wildman–Crippen MR) is 75.2 cm³/mol. The first kappa shape index (κ1) is 15.2. The molecule has 1 amide bonds. The normalized spacial score (nSPS) is 10.6. The molecule has 0 unspecified atom stereocenters. The zero-order valence-corrected chi connectivity index (χ0v) is 11.5. The van der Waals surface area contributed by atoms with Crippen molar-refractivity contribution < 1.29 is 18.8 Å². The SMILES string of the molecule is O=C(NCCCCCO)c1cc(-c2ccc(F)cc2)on1. The molecule has 21 heavy (non-hydrogen) atoms. The van der Waals surface area contributed by atoms with E-state index < -0.39 is 0 Å². The summed E-state index contributed by atoms with van der Waals surface area (Å²) in [7, 11) is 0. The first-order chi connectivity index (χ1) is 10.2. The van der Waals surface area contributed by atoms with Crippen LogP contribution in [0.2, 0.25) is 0 Å². The van der Waals surface area contributed by atoms with Gasteiger partial charge in [-0.15, -0.1) is 0 Å². The van der Waals surface area contributed by atoms with Gasteiger partial charge in [0.1, 0.15) is 5.82 Å². The van der Waals surface area contributed by atoms with Gasteiger partial charge in [0.2, 0.25) is 0 Å². The van der Waals surface area contributed by atoms with Crippen LogP contribution in [0.4, 0.5) is 4.39 Å². The lowest BCUT2D eigenvalue weighted by molar-refractivity contribution is 0.0944. The standard InChI is InChI=1S/C15H17FN2O3/c16-12-6-4-11(5-7-12)14-10-13(18-21-14)15(20)17-8-2-1-3-9-19/h4-7,10,19H,1-3,8-9H2,(H,17,20). The van der Waals surface area contributed by atoms with Gasteiger partial charge < -0.3 is 14.9 Å². The third-order valence-electron chi connectivity index (χ3n) is 2.99. The maximum atomic E-state index is 12.8. The predicted octanol–water partition coefficient (Wildman–Crippen LogP) is 2.37. The monoisotopic (exact) mass is 292 g/mol. The van der Waals surface area contributed by atoms with Crippen molar-refractivity contribution in [3.8, 4) is 11.3 Å². The molecule has 0 bridgehead atoms. The molecule has 2 rings (SSSR count). The third kappa shape index (κ3) is 4.39. The fourth-order valence-electron chi connectivity index (χ4n) is 1.84. The molecule has 0 aliphatic rings. The van der Waals surface area contributed by atoms with Crippen molar-refractivity contribution in [2.75, 3.05) is 13.2 Å². The van der Waals surface area contributed by atoms with Gasteiger partial charge in [0.25, 0.3) is 5.91 Å². The topological polar surface area (TPSA) is 75.4 Å². The van der Waals surface area contributed by atoms with E-state index in [1.54, 1.807) is 12.1 Å². The molecule has 0 aliphatic carbocycles. The molecule has 2 N–H and O–H groups in total. The molecule has 0 radical (unpaired) electrons. The highest BCUT2D eigenvalue weighted by molar-refractivity contribution is 5.93. The van der Waals surface area contributed by atoms with Gasteiger partial charge in [0.05, 0.1) is 0 Å². The molecule has 1 heterocycles. The largest absolute Gasteiger partial charge is 0.396 e. The van der Waals surface area contributed by atoms with E-state index in [-0.39, 0.29) is 24.0 Å². The molecule has 0 spiro atoms. The molecule has 1 aromatic heterocycles. The van der Waals surface area contributed by atoms with Crippen LogP contribution in [0.15, 0.2) is 34.9 Å². The summed E-state index contributed by atoms with van der Waals surface area (Å²) in [4.78, 5) is 11.8. The number of benzene rings is 1. The van der Waals surface area contributed by atoms with Crippen molar-refractivity contribution in [2.24, 2.45) is 0 Å². The number of carbonyl (C=O) groups excluding carboxylic acids is 1. The fourth-order valence-corrected chi connectivity index (χ4v) is 1.84. The van der Waals surface area contributed by atoms with Gasteiger partial charge in [-0.1, -0.05) is 5.16 Å². The number of aliphatic hydroxyl groups is 1. The highest BCUT2D eigenvalue weighted by atomic mass is 19.1. The Hall–Kier alpha value is -2.21. The van der Waals surface area contributed by atoms with Crippen LogP contribution in [0, 0.1) is 5.82 Å². The minimum Gasteiger partial charge on any atom is -0.396 e. The Balaban J connectivity index is 1.90. The number of rotatable bonds is 7. The number of hydrogen-bond donors (Lipinski definition) is 2. The molecule has 5 nitrogen and oxygen atoms in total. The van der Waals surface area contributed by atoms with Gasteiger partial charge in [0, 0.05) is 24.8 Å². The second-order valence-corrected chi connectivity index (χ2v) is 4.62. The van der Waals surface area contributed by atoms with E-state index in [1.807, 2.05) is 0 Å². The van der Waals surface area contributed by atoms with Gasteiger partial charge in [-0.25, -0.2) is 4.39 Å². The summed E-state index contributed by atoms with van der Waals surface area (Å²) in [6.45, 7) is 0.690. The van der Waals surface area contributed by atoms with Gasteiger partial charge in [-0.05, 0) is 43.5 Å². The van der Waals surface area contributed by atoms with Crippen LogP contribution in [-0.2, 0) is 0 Å². The van der Waals surface area contributed by atoms with Gasteiger partial charge >= 0.3 is 0 Å². The Labute approximate surface area is 121 Å². The molecule has 0 fully saturated rings. The molecule has 112 valence electrons. The molecular weight excluding hydrogens is 275 g/mol. The number of aromatic nitrogens is 1. The Morgan fingerprint density at radius 2 is 2.00 bits per heavy atom. The number of aliphatic hydroxyl groups excluding tert-OH is 1. The minimum absolute atomic E-state index is 0.165. The second-order valence-electron chi connectivity index (χ2n) is 4.62. The van der Waals surface area contributed by atoms with Crippen LogP contribution in [0.1, 0.15) is 29.8 Å². The quantitative estimate of drug-likeness (QED) is 0.768. The second kappa shape index (κ2) is 7.54. The van der Waals surface area contributed by atoms with Gasteiger partial charge in [-0.3, -0.25) is 4.79 Å². The molecule has 1 aromatic carbocycles. The summed E-state index contributed by atoms with van der Waals surface area (Å²) in [5.41, 5.74) is 0.849. The molecule has 0 atom stereocenters. The minimum atomic E-state index is -0.334. The Morgan fingerprint density at radius 3 is 2.71 bits per heavy atom. The van der Waals surface area contributed by atoms with E-state index in [0.717, 1.165) is 19.3 Å². The van der Waals surface area contributed by atoms with E-state index in [1.165, 1.54) is 18.2 Å². The summed E-state index contributed by atoms with van der Waals surface area (Å²) in [5.74, 6) is -0.226. The first-order valence-corrected chi connectivity index (χ1v) is 6.82. The van der Waals surface area contributed by atoms with E-state index in [4.69, 9.17) is 9.63 Å². The summed E-state index contributed by atoms with van der Waals surface area (Å²) in [6, 6.07) is 7.28. The zero-order chi connectivity index (χ0) is 15.1. The van der Waals surface area contributed by atoms with E-state index in [2.05, 4.69) is 10.5 Å². The van der Waals surface area contributed by atoms with E-state index in [9.17, 15) is 9.18 Å². The van der Waals surface area contributed by atoms with Crippen molar-refractivity contribution in [2.45, 2.75) is 19.3 Å². The fraction of sp³-hybridized carbons (Fsp3) is 0.333. The van der Waals surface area contributed by atoms with E-state index >= 15 is 0 Å². The number of hydrogen-bond acceptors (Lipinski definition) is 4. The van der Waals surface area contributed by atoms with Crippen molar-refractivity contribution >= 4 is 5.91 Å². The lowest BCUT2D eigenvalue weighted by Gasteiger charge is -2.01. The molecule has 0 aliphatic heterocycles. The van der Waals surface area contributed by atoms with Crippen LogP contribution < -0.4 is 5.32 Å². The van der Waals surface area contributed by atoms with E-state index in [0.29, 0.717) is 17.9 Å². The number of unbranched alkanes of at least 4 members (excludes halogenated alkanes) is 2. The van der Waals surface area contributed by atoms with Crippen molar-refractivity contribution in [1.82, 2.24) is 10.5 Å². The summed E-state index contributed by atoms with van der Waals surface area (Å²) >= 11 is 0. The average molecular weight is 292 g/mol. The zero-order valence-electron chi connectivity index (χ0n) is 11.5. The molecule has 0 saturated carbocycles. The lowest BCUT2D eigenvalue weighted by Crippen LogP contribution is -2.24. The average Bonchev–Trinajstić information content (AvgIpc) is 2.97. The van der Waals surface area contributed by atoms with Crippen molar-refractivity contribution in [3.63, 3.8) is 0 Å². The molecule has 6 heteroatoms. The third-order valence-corrected chi connectivity index (χ3v) is 2.99. The van der Waals surface area contributed by atoms with Crippen molar-refractivity contribution in [3.05, 3.63) is 41.8 Å². The molecular formula is C15H17FN2O3. The number of nitrogens with one attached hydrogen (secondary N) is 1. The van der Waals surface area contributed by atoms with Crippen molar-refractivity contribution in [1.29, 1.82) is 0 Å². The van der Waals surface area contributed by atoms with Gasteiger partial charge in [0.15, 0.2) is 11.5 Å². The van der Waals surface area contributed by atoms with Gasteiger partial charge in [-0.2, -0.15) is 0 Å². The van der Waals surface area contributed by atoms with Crippen LogP contribution >= 0.6 is 0 Å². The Kier molecular flexibility index (Phi) is 5.45. The number of amides is 1. The highest BCUT2D eigenvalue weighted by Gasteiger charge is 2.13. The van der Waals surface area contributed by atoms with Crippen LogP contribution in [-0.4, -0.2) is 29.3 Å². The number of halogens is 1. The number of carbonyl (C=O) groups is 1. The summed E-state index contributed by atoms with van der Waals surface area (Å²) in [5, 5.41) is 15.1. The van der Waals surface area contributed by atoms with Crippen LogP contribution in [0.3, 0.4) is 0 Å². The molecule has 0 saturated heterocycles. The van der Waals surface area contributed by atoms with Crippen LogP contribution in [0.5, 0.6) is 0 Å². The maximum Gasteiger partial charge on any atom is 0.273 e. The highest BCUT2D eigenvalue weighted by Crippen LogP contribution is 2.20. The smallest absolute Gasteiger partial charge is 0.273 e. The number of nitrogens with zero attached hydrogens (tertiary/aromatic N) is 1. The first-order valence-electron chi connectivity index (χ1n) is 6.82. The molecule has 2 aromatic rings. The maximum absolute atomic E-state index is 12.8. The summed E-state index contributed by atoms with van der Waals surface area (Å²) in [6.07, 6.45) is 2.39. The van der Waals surface area contributed by atoms with Crippen LogP contribution in [0.25, 0.3) is 11.3 Å². The Morgan fingerprint density at radius 1 is 1.24 bits per heavy atom.